The van der Waals surface area contributed by atoms with Crippen molar-refractivity contribution in [3.63, 3.8) is 0 Å². The Bertz CT molecular complexity index is 407. The highest BCUT2D eigenvalue weighted by Crippen LogP contribution is 2.40. The van der Waals surface area contributed by atoms with Crippen LogP contribution in [0.25, 0.3) is 0 Å². The van der Waals surface area contributed by atoms with Crippen molar-refractivity contribution in [3.8, 4) is 5.75 Å². The zero-order valence-electron chi connectivity index (χ0n) is 11.4. The molecule has 19 heavy (non-hydrogen) atoms. The van der Waals surface area contributed by atoms with Gasteiger partial charge in [-0.1, -0.05) is 33.7 Å². The van der Waals surface area contributed by atoms with Crippen molar-refractivity contribution >= 4 is 21.6 Å². The van der Waals surface area contributed by atoms with E-state index in [4.69, 9.17) is 4.74 Å². The average molecular weight is 295 g/mol. The average Bonchev–Trinajstić information content (AvgIpc) is 2.48. The van der Waals surface area contributed by atoms with Gasteiger partial charge in [0.2, 0.25) is 0 Å². The van der Waals surface area contributed by atoms with E-state index in [0.717, 1.165) is 24.3 Å². The lowest BCUT2D eigenvalue weighted by atomic mass is 9.91. The third kappa shape index (κ3) is 3.23. The molecule has 3 rings (SSSR count). The summed E-state index contributed by atoms with van der Waals surface area (Å²) in [5.74, 6) is 4.50. The summed E-state index contributed by atoms with van der Waals surface area (Å²) in [6, 6.07) is 9.34. The van der Waals surface area contributed by atoms with Crippen molar-refractivity contribution in [2.24, 2.45) is 5.92 Å². The van der Waals surface area contributed by atoms with Gasteiger partial charge < -0.3 is 4.74 Å². The zero-order valence-corrected chi connectivity index (χ0v) is 13.0. The minimum atomic E-state index is 0.794. The van der Waals surface area contributed by atoms with Gasteiger partial charge >= 0.3 is 0 Å². The summed E-state index contributed by atoms with van der Waals surface area (Å²) < 4.78 is 5.23. The number of methoxy groups -OCH3 is 1. The Morgan fingerprint density at radius 2 is 2.00 bits per heavy atom. The Balaban J connectivity index is 1.66. The van der Waals surface area contributed by atoms with E-state index in [1.54, 1.807) is 7.11 Å². The molecular weight excluding hydrogens is 274 g/mol. The van der Waals surface area contributed by atoms with Crippen LogP contribution in [0.5, 0.6) is 5.75 Å². The smallest absolute Gasteiger partial charge is 0.118 e. The number of piperidine rings is 1. The molecule has 2 aliphatic rings. The molecule has 2 atom stereocenters. The Kier molecular flexibility index (Phi) is 4.61. The summed E-state index contributed by atoms with van der Waals surface area (Å²) in [6.45, 7) is 2.36. The number of fused-ring (bicyclic) bond motifs is 1. The van der Waals surface area contributed by atoms with E-state index in [1.807, 2.05) is 0 Å². The Morgan fingerprint density at radius 3 is 2.79 bits per heavy atom. The highest BCUT2D eigenvalue weighted by molar-refractivity contribution is 8.76. The lowest BCUT2D eigenvalue weighted by molar-refractivity contribution is 0.111. The van der Waals surface area contributed by atoms with Crippen LogP contribution in [0, 0.1) is 5.92 Å². The molecule has 104 valence electrons. The van der Waals surface area contributed by atoms with Crippen LogP contribution >= 0.6 is 21.6 Å². The molecule has 0 spiro atoms. The summed E-state index contributed by atoms with van der Waals surface area (Å²) >= 11 is 0. The molecule has 2 unspecified atom stereocenters. The number of hydrogen-bond acceptors (Lipinski definition) is 4. The molecule has 0 bridgehead atoms. The van der Waals surface area contributed by atoms with E-state index in [-0.39, 0.29) is 0 Å². The predicted octanol–water partition coefficient (Wildman–Crippen LogP) is 3.67. The summed E-state index contributed by atoms with van der Waals surface area (Å²) in [5, 5.41) is 0. The summed E-state index contributed by atoms with van der Waals surface area (Å²) in [7, 11) is 5.85. The fourth-order valence-electron chi connectivity index (χ4n) is 3.06. The van der Waals surface area contributed by atoms with Gasteiger partial charge in [0.05, 0.1) is 7.11 Å². The maximum atomic E-state index is 5.23. The number of nitrogens with zero attached hydrogens (tertiary/aromatic N) is 1. The SMILES string of the molecule is COc1ccc(CN2CCCC3CSSCC32)cc1. The molecule has 2 heterocycles. The monoisotopic (exact) mass is 295 g/mol. The predicted molar refractivity (Wildman–Crippen MR) is 84.8 cm³/mol. The molecule has 2 saturated heterocycles. The van der Waals surface area contributed by atoms with Crippen LogP contribution in [0.1, 0.15) is 18.4 Å². The van der Waals surface area contributed by atoms with Gasteiger partial charge in [-0.05, 0) is 43.0 Å². The van der Waals surface area contributed by atoms with E-state index >= 15 is 0 Å². The molecule has 1 aromatic rings. The van der Waals surface area contributed by atoms with Crippen LogP contribution < -0.4 is 4.74 Å². The van der Waals surface area contributed by atoms with Crippen molar-refractivity contribution in [2.75, 3.05) is 25.2 Å². The van der Waals surface area contributed by atoms with Gasteiger partial charge in [-0.25, -0.2) is 0 Å². The third-order valence-corrected chi connectivity index (χ3v) is 6.71. The number of hydrogen-bond donors (Lipinski definition) is 0. The van der Waals surface area contributed by atoms with Crippen LogP contribution in [0.2, 0.25) is 0 Å². The van der Waals surface area contributed by atoms with Crippen LogP contribution in [-0.2, 0) is 6.54 Å². The Morgan fingerprint density at radius 1 is 1.21 bits per heavy atom. The molecule has 4 heteroatoms. The van der Waals surface area contributed by atoms with Crippen LogP contribution in [-0.4, -0.2) is 36.1 Å². The second kappa shape index (κ2) is 6.42. The first-order valence-corrected chi connectivity index (χ1v) is 9.47. The van der Waals surface area contributed by atoms with Crippen LogP contribution in [0.15, 0.2) is 24.3 Å². The lowest BCUT2D eigenvalue weighted by Crippen LogP contribution is -2.48. The largest absolute Gasteiger partial charge is 0.497 e. The minimum Gasteiger partial charge on any atom is -0.497 e. The fraction of sp³-hybridized carbons (Fsp3) is 0.600. The van der Waals surface area contributed by atoms with E-state index in [2.05, 4.69) is 50.8 Å². The molecule has 0 N–H and O–H groups in total. The molecule has 0 radical (unpaired) electrons. The highest BCUT2D eigenvalue weighted by atomic mass is 33.1. The minimum absolute atomic E-state index is 0.794. The van der Waals surface area contributed by atoms with Gasteiger partial charge in [0.1, 0.15) is 5.75 Å². The van der Waals surface area contributed by atoms with Gasteiger partial charge in [0.15, 0.2) is 0 Å². The van der Waals surface area contributed by atoms with Crippen molar-refractivity contribution in [1.29, 1.82) is 0 Å². The zero-order chi connectivity index (χ0) is 13.1. The Labute approximate surface area is 123 Å². The van der Waals surface area contributed by atoms with E-state index < -0.39 is 0 Å². The van der Waals surface area contributed by atoms with Gasteiger partial charge in [0, 0.05) is 24.1 Å². The fourth-order valence-corrected chi connectivity index (χ4v) is 5.96. The van der Waals surface area contributed by atoms with Gasteiger partial charge in [-0.2, -0.15) is 0 Å². The van der Waals surface area contributed by atoms with Gasteiger partial charge in [-0.15, -0.1) is 0 Å². The molecule has 2 nitrogen and oxygen atoms in total. The number of likely N-dealkylation sites (tertiary alicyclic amines) is 1. The van der Waals surface area contributed by atoms with E-state index in [0.29, 0.717) is 0 Å². The normalized spacial score (nSPS) is 27.8. The first kappa shape index (κ1) is 13.7. The Hall–Kier alpha value is -0.320. The summed E-state index contributed by atoms with van der Waals surface area (Å²) in [6.07, 6.45) is 2.79. The maximum Gasteiger partial charge on any atom is 0.118 e. The van der Waals surface area contributed by atoms with Gasteiger partial charge in [0.25, 0.3) is 0 Å². The second-order valence-electron chi connectivity index (χ2n) is 5.36. The number of rotatable bonds is 3. The number of ether oxygens (including phenoxy) is 1. The quantitative estimate of drug-likeness (QED) is 0.788. The van der Waals surface area contributed by atoms with Crippen molar-refractivity contribution in [1.82, 2.24) is 4.90 Å². The summed E-state index contributed by atoms with van der Waals surface area (Å²) in [4.78, 5) is 2.70. The molecule has 1 aromatic carbocycles. The summed E-state index contributed by atoms with van der Waals surface area (Å²) in [5.41, 5.74) is 1.41. The standard InChI is InChI=1S/C15H21NOS2/c1-17-14-6-4-12(5-7-14)9-16-8-2-3-13-10-18-19-11-15(13)16/h4-7,13,15H,2-3,8-11H2,1H3. The third-order valence-electron chi connectivity index (χ3n) is 4.18. The molecule has 0 amide bonds. The van der Waals surface area contributed by atoms with Gasteiger partial charge in [-0.3, -0.25) is 4.90 Å². The van der Waals surface area contributed by atoms with E-state index in [1.165, 1.54) is 36.5 Å². The second-order valence-corrected chi connectivity index (χ2v) is 7.91. The highest BCUT2D eigenvalue weighted by Gasteiger charge is 2.33. The lowest BCUT2D eigenvalue weighted by Gasteiger charge is -2.43. The molecular formula is C15H21NOS2. The van der Waals surface area contributed by atoms with Crippen molar-refractivity contribution in [3.05, 3.63) is 29.8 Å². The molecule has 0 saturated carbocycles. The number of benzene rings is 1. The molecule has 0 aliphatic carbocycles. The maximum absolute atomic E-state index is 5.23. The first-order valence-electron chi connectivity index (χ1n) is 6.98. The molecule has 2 fully saturated rings. The van der Waals surface area contributed by atoms with E-state index in [9.17, 15) is 0 Å². The van der Waals surface area contributed by atoms with Crippen molar-refractivity contribution < 1.29 is 4.74 Å². The van der Waals surface area contributed by atoms with Crippen LogP contribution in [0.3, 0.4) is 0 Å². The molecule has 2 aliphatic heterocycles. The van der Waals surface area contributed by atoms with Crippen molar-refractivity contribution in [2.45, 2.75) is 25.4 Å². The first-order chi connectivity index (χ1) is 9.36. The van der Waals surface area contributed by atoms with Crippen LogP contribution in [0.4, 0.5) is 0 Å². The molecule has 0 aromatic heterocycles. The topological polar surface area (TPSA) is 12.5 Å².